The van der Waals surface area contributed by atoms with Gasteiger partial charge in [0, 0.05) is 4.47 Å². The van der Waals surface area contributed by atoms with Crippen molar-refractivity contribution >= 4 is 22.1 Å². The maximum absolute atomic E-state index is 12.6. The molecule has 0 aromatic heterocycles. The van der Waals surface area contributed by atoms with Gasteiger partial charge in [0.15, 0.2) is 0 Å². The molecule has 18 heavy (non-hydrogen) atoms. The molecule has 0 radical (unpaired) electrons. The smallest absolute Gasteiger partial charge is 0.142 e. The average Bonchev–Trinajstić information content (AvgIpc) is 2.39. The fourth-order valence-electron chi connectivity index (χ4n) is 1.34. The van der Waals surface area contributed by atoms with Gasteiger partial charge >= 0.3 is 0 Å². The first-order valence-corrected chi connectivity index (χ1v) is 6.19. The molecule has 0 aliphatic carbocycles. The summed E-state index contributed by atoms with van der Waals surface area (Å²) in [5.74, 6) is -0.261. The number of benzene rings is 2. The molecule has 0 atom stereocenters. The zero-order chi connectivity index (χ0) is 12.8. The summed E-state index contributed by atoms with van der Waals surface area (Å²) in [5.41, 5.74) is 1.83. The molecule has 2 rings (SSSR count). The number of oxime groups is 1. The molecule has 0 fully saturated rings. The van der Waals surface area contributed by atoms with E-state index < -0.39 is 0 Å². The Kier molecular flexibility index (Phi) is 4.47. The second-order valence-corrected chi connectivity index (χ2v) is 4.60. The van der Waals surface area contributed by atoms with Crippen LogP contribution in [0.3, 0.4) is 0 Å². The van der Waals surface area contributed by atoms with Crippen LogP contribution in [0.25, 0.3) is 0 Å². The fourth-order valence-corrected chi connectivity index (χ4v) is 1.60. The first kappa shape index (κ1) is 12.8. The van der Waals surface area contributed by atoms with Crippen molar-refractivity contribution in [2.45, 2.75) is 6.61 Å². The van der Waals surface area contributed by atoms with E-state index in [1.54, 1.807) is 18.3 Å². The number of hydrogen-bond acceptors (Lipinski definition) is 2. The van der Waals surface area contributed by atoms with Gasteiger partial charge in [-0.1, -0.05) is 45.4 Å². The second-order valence-electron chi connectivity index (χ2n) is 3.69. The summed E-state index contributed by atoms with van der Waals surface area (Å²) in [5, 5.41) is 3.83. The summed E-state index contributed by atoms with van der Waals surface area (Å²) >= 11 is 3.36. The highest BCUT2D eigenvalue weighted by molar-refractivity contribution is 9.10. The number of rotatable bonds is 4. The standard InChI is InChI=1S/C14H11BrFNO/c15-13-5-1-12(2-6-13)10-18-17-9-11-3-7-14(16)8-4-11/h1-9H,10H2/b17-9+. The molecule has 0 saturated heterocycles. The van der Waals surface area contributed by atoms with Crippen LogP contribution in [0.1, 0.15) is 11.1 Å². The molecule has 92 valence electrons. The molecule has 0 unspecified atom stereocenters. The van der Waals surface area contributed by atoms with E-state index in [2.05, 4.69) is 21.1 Å². The minimum atomic E-state index is -0.261. The van der Waals surface area contributed by atoms with Gasteiger partial charge in [0.2, 0.25) is 0 Å². The molecule has 0 heterocycles. The minimum Gasteiger partial charge on any atom is -0.391 e. The van der Waals surface area contributed by atoms with Gasteiger partial charge in [0.1, 0.15) is 12.4 Å². The highest BCUT2D eigenvalue weighted by Crippen LogP contribution is 2.11. The van der Waals surface area contributed by atoms with Crippen molar-refractivity contribution in [1.82, 2.24) is 0 Å². The molecule has 0 spiro atoms. The third-order valence-corrected chi connectivity index (χ3v) is 2.82. The SMILES string of the molecule is Fc1ccc(/C=N/OCc2ccc(Br)cc2)cc1. The highest BCUT2D eigenvalue weighted by Gasteiger charge is 1.93. The van der Waals surface area contributed by atoms with Gasteiger partial charge in [-0.2, -0.15) is 0 Å². The van der Waals surface area contributed by atoms with Gasteiger partial charge in [0.05, 0.1) is 6.21 Å². The van der Waals surface area contributed by atoms with E-state index in [-0.39, 0.29) is 5.82 Å². The Hall–Kier alpha value is -1.68. The van der Waals surface area contributed by atoms with E-state index in [1.807, 2.05) is 24.3 Å². The van der Waals surface area contributed by atoms with Crippen LogP contribution in [-0.4, -0.2) is 6.21 Å². The third kappa shape index (κ3) is 3.96. The topological polar surface area (TPSA) is 21.6 Å². The van der Waals surface area contributed by atoms with Gasteiger partial charge in [-0.15, -0.1) is 0 Å². The molecule has 4 heteroatoms. The van der Waals surface area contributed by atoms with Gasteiger partial charge in [0.25, 0.3) is 0 Å². The van der Waals surface area contributed by atoms with Crippen molar-refractivity contribution in [3.63, 3.8) is 0 Å². The van der Waals surface area contributed by atoms with Gasteiger partial charge < -0.3 is 4.84 Å². The zero-order valence-electron chi connectivity index (χ0n) is 9.51. The normalized spacial score (nSPS) is 10.8. The summed E-state index contributed by atoms with van der Waals surface area (Å²) in [6, 6.07) is 13.9. The largest absolute Gasteiger partial charge is 0.391 e. The Labute approximate surface area is 113 Å². The Bertz CT molecular complexity index is 522. The van der Waals surface area contributed by atoms with E-state index in [0.29, 0.717) is 6.61 Å². The summed E-state index contributed by atoms with van der Waals surface area (Å²) in [6.07, 6.45) is 1.55. The zero-order valence-corrected chi connectivity index (χ0v) is 11.1. The Morgan fingerprint density at radius 3 is 2.39 bits per heavy atom. The van der Waals surface area contributed by atoms with E-state index >= 15 is 0 Å². The van der Waals surface area contributed by atoms with Crippen molar-refractivity contribution in [3.8, 4) is 0 Å². The number of hydrogen-bond donors (Lipinski definition) is 0. The summed E-state index contributed by atoms with van der Waals surface area (Å²) in [4.78, 5) is 5.15. The molecular formula is C14H11BrFNO. The van der Waals surface area contributed by atoms with E-state index in [1.165, 1.54) is 12.1 Å². The van der Waals surface area contributed by atoms with Crippen molar-refractivity contribution in [1.29, 1.82) is 0 Å². The summed E-state index contributed by atoms with van der Waals surface area (Å²) < 4.78 is 13.7. The summed E-state index contributed by atoms with van der Waals surface area (Å²) in [6.45, 7) is 0.408. The molecule has 0 N–H and O–H groups in total. The first-order chi connectivity index (χ1) is 8.74. The predicted molar refractivity (Wildman–Crippen MR) is 72.9 cm³/mol. The van der Waals surface area contributed by atoms with E-state index in [4.69, 9.17) is 4.84 Å². The molecule has 0 bridgehead atoms. The maximum Gasteiger partial charge on any atom is 0.142 e. The van der Waals surface area contributed by atoms with Crippen LogP contribution in [0.15, 0.2) is 58.2 Å². The second kappa shape index (κ2) is 6.31. The Morgan fingerprint density at radius 1 is 1.06 bits per heavy atom. The quantitative estimate of drug-likeness (QED) is 0.614. The minimum absolute atomic E-state index is 0.261. The lowest BCUT2D eigenvalue weighted by Gasteiger charge is -1.99. The van der Waals surface area contributed by atoms with Crippen LogP contribution in [0.2, 0.25) is 0 Å². The molecule has 2 aromatic rings. The van der Waals surface area contributed by atoms with Crippen LogP contribution in [0.5, 0.6) is 0 Å². The Morgan fingerprint density at radius 2 is 1.72 bits per heavy atom. The maximum atomic E-state index is 12.6. The van der Waals surface area contributed by atoms with Gasteiger partial charge in [-0.05, 0) is 35.4 Å². The molecule has 0 aliphatic heterocycles. The third-order valence-electron chi connectivity index (χ3n) is 2.29. The number of nitrogens with zero attached hydrogens (tertiary/aromatic N) is 1. The van der Waals surface area contributed by atoms with Crippen LogP contribution in [0, 0.1) is 5.82 Å². The highest BCUT2D eigenvalue weighted by atomic mass is 79.9. The predicted octanol–water partition coefficient (Wildman–Crippen LogP) is 4.14. The van der Waals surface area contributed by atoms with E-state index in [0.717, 1.165) is 15.6 Å². The van der Waals surface area contributed by atoms with Crippen molar-refractivity contribution in [2.75, 3.05) is 0 Å². The summed E-state index contributed by atoms with van der Waals surface area (Å²) in [7, 11) is 0. The fraction of sp³-hybridized carbons (Fsp3) is 0.0714. The van der Waals surface area contributed by atoms with Crippen LogP contribution < -0.4 is 0 Å². The monoisotopic (exact) mass is 307 g/mol. The lowest BCUT2D eigenvalue weighted by Crippen LogP contribution is -1.88. The van der Waals surface area contributed by atoms with E-state index in [9.17, 15) is 4.39 Å². The molecule has 0 saturated carbocycles. The molecular weight excluding hydrogens is 297 g/mol. The number of halogens is 2. The van der Waals surface area contributed by atoms with Crippen LogP contribution in [-0.2, 0) is 11.4 Å². The average molecular weight is 308 g/mol. The lowest BCUT2D eigenvalue weighted by atomic mass is 10.2. The first-order valence-electron chi connectivity index (χ1n) is 5.39. The molecule has 0 amide bonds. The lowest BCUT2D eigenvalue weighted by molar-refractivity contribution is 0.132. The molecule has 0 aliphatic rings. The Balaban J connectivity index is 1.84. The van der Waals surface area contributed by atoms with Crippen molar-refractivity contribution < 1.29 is 9.23 Å². The molecule has 2 aromatic carbocycles. The van der Waals surface area contributed by atoms with Crippen LogP contribution in [0.4, 0.5) is 4.39 Å². The van der Waals surface area contributed by atoms with Gasteiger partial charge in [-0.25, -0.2) is 4.39 Å². The van der Waals surface area contributed by atoms with Gasteiger partial charge in [-0.3, -0.25) is 0 Å². The van der Waals surface area contributed by atoms with Crippen molar-refractivity contribution in [2.24, 2.45) is 5.16 Å². The van der Waals surface area contributed by atoms with Crippen molar-refractivity contribution in [3.05, 3.63) is 69.9 Å². The molecule has 2 nitrogen and oxygen atoms in total. The van der Waals surface area contributed by atoms with Crippen LogP contribution >= 0.6 is 15.9 Å².